The number of ether oxygens (including phenoxy) is 1. The molecule has 1 heterocycles. The first kappa shape index (κ1) is 20.4. The third-order valence-electron chi connectivity index (χ3n) is 3.87. The molecule has 2 rings (SSSR count). The zero-order chi connectivity index (χ0) is 19.0. The molecule has 0 aliphatic heterocycles. The maximum absolute atomic E-state index is 12.4. The Balaban J connectivity index is 1.94. The zero-order valence-electron chi connectivity index (χ0n) is 14.3. The number of amides is 1. The minimum absolute atomic E-state index is 0.0575. The van der Waals surface area contributed by atoms with Crippen LogP contribution >= 0.6 is 11.3 Å². The topological polar surface area (TPSA) is 105 Å². The summed E-state index contributed by atoms with van der Waals surface area (Å²) < 4.78 is 31.8. The molecular weight excluding hydrogens is 376 g/mol. The van der Waals surface area contributed by atoms with Crippen LogP contribution in [0.1, 0.15) is 24.3 Å². The predicted molar refractivity (Wildman–Crippen MR) is 101 cm³/mol. The molecule has 9 heteroatoms. The van der Waals surface area contributed by atoms with Gasteiger partial charge in [-0.05, 0) is 65.4 Å². The molecule has 0 bridgehead atoms. The minimum atomic E-state index is -3.64. The molecule has 2 aromatic rings. The van der Waals surface area contributed by atoms with Gasteiger partial charge in [-0.3, -0.25) is 5.32 Å². The molecule has 142 valence electrons. The van der Waals surface area contributed by atoms with Gasteiger partial charge in [0.15, 0.2) is 0 Å². The fraction of sp³-hybridized carbons (Fsp3) is 0.353. The summed E-state index contributed by atoms with van der Waals surface area (Å²) in [4.78, 5) is 11.3. The summed E-state index contributed by atoms with van der Waals surface area (Å²) in [6.07, 6.45) is 0.562. The van der Waals surface area contributed by atoms with Crippen LogP contribution in [0.5, 0.6) is 0 Å². The zero-order valence-corrected chi connectivity index (χ0v) is 16.0. The third kappa shape index (κ3) is 5.80. The second kappa shape index (κ2) is 9.67. The lowest BCUT2D eigenvalue weighted by Crippen LogP contribution is -2.26. The maximum atomic E-state index is 12.4. The van der Waals surface area contributed by atoms with E-state index < -0.39 is 16.1 Å². The molecule has 0 aliphatic carbocycles. The number of carbonyl (C=O) groups excluding carboxylic acids is 1. The van der Waals surface area contributed by atoms with Crippen molar-refractivity contribution < 1.29 is 23.1 Å². The van der Waals surface area contributed by atoms with Crippen molar-refractivity contribution in [2.75, 3.05) is 25.6 Å². The molecule has 1 atom stereocenters. The Hall–Kier alpha value is -1.94. The molecule has 1 amide bonds. The summed E-state index contributed by atoms with van der Waals surface area (Å²) in [6, 6.07) is 7.80. The van der Waals surface area contributed by atoms with Gasteiger partial charge >= 0.3 is 6.09 Å². The number of carbonyl (C=O) groups is 1. The van der Waals surface area contributed by atoms with Gasteiger partial charge < -0.3 is 9.84 Å². The van der Waals surface area contributed by atoms with Crippen LogP contribution in [0, 0.1) is 0 Å². The lowest BCUT2D eigenvalue weighted by molar-refractivity contribution is 0.187. The van der Waals surface area contributed by atoms with E-state index in [1.165, 1.54) is 31.4 Å². The lowest BCUT2D eigenvalue weighted by atomic mass is 9.95. The van der Waals surface area contributed by atoms with Gasteiger partial charge in [-0.1, -0.05) is 0 Å². The van der Waals surface area contributed by atoms with E-state index >= 15 is 0 Å². The number of thiophene rings is 1. The number of rotatable bonds is 9. The average molecular weight is 399 g/mol. The highest BCUT2D eigenvalue weighted by molar-refractivity contribution is 7.89. The number of aliphatic hydroxyl groups excluding tert-OH is 1. The van der Waals surface area contributed by atoms with Crippen LogP contribution in [0.2, 0.25) is 0 Å². The minimum Gasteiger partial charge on any atom is -0.453 e. The van der Waals surface area contributed by atoms with E-state index in [1.54, 1.807) is 11.3 Å². The molecule has 0 fully saturated rings. The van der Waals surface area contributed by atoms with E-state index in [0.29, 0.717) is 18.5 Å². The van der Waals surface area contributed by atoms with Crippen molar-refractivity contribution in [3.8, 4) is 0 Å². The van der Waals surface area contributed by atoms with E-state index in [2.05, 4.69) is 14.8 Å². The van der Waals surface area contributed by atoms with Crippen molar-refractivity contribution in [2.45, 2.75) is 23.7 Å². The molecular formula is C17H22N2O5S2. The highest BCUT2D eigenvalue weighted by Crippen LogP contribution is 2.25. The number of nitrogens with one attached hydrogen (secondary N) is 2. The van der Waals surface area contributed by atoms with Crippen LogP contribution in [0.3, 0.4) is 0 Å². The summed E-state index contributed by atoms with van der Waals surface area (Å²) in [5, 5.41) is 15.6. The molecule has 0 saturated carbocycles. The van der Waals surface area contributed by atoms with E-state index in [0.717, 1.165) is 5.56 Å². The SMILES string of the molecule is COC(=O)Nc1ccc(S(=O)(=O)NCC[C@H](CCO)c2ccsc2)cc1. The highest BCUT2D eigenvalue weighted by Gasteiger charge is 2.16. The van der Waals surface area contributed by atoms with Crippen LogP contribution < -0.4 is 10.0 Å². The Morgan fingerprint density at radius 3 is 2.54 bits per heavy atom. The second-order valence-electron chi connectivity index (χ2n) is 5.59. The van der Waals surface area contributed by atoms with Crippen LogP contribution in [-0.2, 0) is 14.8 Å². The van der Waals surface area contributed by atoms with Crippen molar-refractivity contribution in [1.82, 2.24) is 4.72 Å². The first-order valence-corrected chi connectivity index (χ1v) is 10.5. The largest absolute Gasteiger partial charge is 0.453 e. The molecule has 1 aromatic carbocycles. The fourth-order valence-electron chi connectivity index (χ4n) is 2.48. The normalized spacial score (nSPS) is 12.5. The van der Waals surface area contributed by atoms with Crippen molar-refractivity contribution >= 4 is 33.1 Å². The Labute approximate surface area is 157 Å². The van der Waals surface area contributed by atoms with Crippen LogP contribution in [0.15, 0.2) is 46.0 Å². The number of methoxy groups -OCH3 is 1. The van der Waals surface area contributed by atoms with Gasteiger partial charge in [0.2, 0.25) is 10.0 Å². The predicted octanol–water partition coefficient (Wildman–Crippen LogP) is 2.76. The van der Waals surface area contributed by atoms with Gasteiger partial charge in [-0.15, -0.1) is 0 Å². The molecule has 0 unspecified atom stereocenters. The maximum Gasteiger partial charge on any atom is 0.411 e. The van der Waals surface area contributed by atoms with E-state index in [4.69, 9.17) is 0 Å². The van der Waals surface area contributed by atoms with Crippen LogP contribution in [0.25, 0.3) is 0 Å². The molecule has 0 aliphatic rings. The number of sulfonamides is 1. The Morgan fingerprint density at radius 1 is 1.23 bits per heavy atom. The molecule has 0 radical (unpaired) electrons. The smallest absolute Gasteiger partial charge is 0.411 e. The van der Waals surface area contributed by atoms with Crippen LogP contribution in [0.4, 0.5) is 10.5 Å². The number of aliphatic hydroxyl groups is 1. The van der Waals surface area contributed by atoms with E-state index in [-0.39, 0.29) is 24.0 Å². The number of anilines is 1. The van der Waals surface area contributed by atoms with Crippen molar-refractivity contribution in [1.29, 1.82) is 0 Å². The van der Waals surface area contributed by atoms with Crippen molar-refractivity contribution in [3.05, 3.63) is 46.7 Å². The number of hydrogen-bond acceptors (Lipinski definition) is 6. The van der Waals surface area contributed by atoms with Gasteiger partial charge in [0, 0.05) is 18.8 Å². The van der Waals surface area contributed by atoms with Gasteiger partial charge in [0.05, 0.1) is 12.0 Å². The molecule has 7 nitrogen and oxygen atoms in total. The summed E-state index contributed by atoms with van der Waals surface area (Å²) >= 11 is 1.58. The monoisotopic (exact) mass is 398 g/mol. The van der Waals surface area contributed by atoms with Gasteiger partial charge in [0.1, 0.15) is 0 Å². The van der Waals surface area contributed by atoms with E-state index in [1.807, 2.05) is 16.8 Å². The summed E-state index contributed by atoms with van der Waals surface area (Å²) in [5.41, 5.74) is 1.55. The second-order valence-corrected chi connectivity index (χ2v) is 8.14. The highest BCUT2D eigenvalue weighted by atomic mass is 32.2. The fourth-order valence-corrected chi connectivity index (χ4v) is 4.27. The molecule has 3 N–H and O–H groups in total. The Bertz CT molecular complexity index is 789. The van der Waals surface area contributed by atoms with Crippen LogP contribution in [-0.4, -0.2) is 39.9 Å². The van der Waals surface area contributed by atoms with Gasteiger partial charge in [0.25, 0.3) is 0 Å². The van der Waals surface area contributed by atoms with E-state index in [9.17, 15) is 18.3 Å². The van der Waals surface area contributed by atoms with Gasteiger partial charge in [-0.25, -0.2) is 17.9 Å². The van der Waals surface area contributed by atoms with Crippen molar-refractivity contribution in [3.63, 3.8) is 0 Å². The molecule has 26 heavy (non-hydrogen) atoms. The summed E-state index contributed by atoms with van der Waals surface area (Å²) in [5.74, 6) is 0.112. The standard InChI is InChI=1S/C17H22N2O5S2/c1-24-17(21)19-15-2-4-16(5-3-15)26(22,23)18-9-6-13(7-10-20)14-8-11-25-12-14/h2-5,8,11-13,18,20H,6-7,9-10H2,1H3,(H,19,21)/t13-/m1/s1. The van der Waals surface area contributed by atoms with Gasteiger partial charge in [-0.2, -0.15) is 11.3 Å². The molecule has 0 saturated heterocycles. The molecule has 1 aromatic heterocycles. The Kier molecular flexibility index (Phi) is 7.58. The summed E-state index contributed by atoms with van der Waals surface area (Å²) in [6.45, 7) is 0.326. The number of hydrogen-bond donors (Lipinski definition) is 3. The first-order valence-electron chi connectivity index (χ1n) is 8.04. The lowest BCUT2D eigenvalue weighted by Gasteiger charge is -2.15. The third-order valence-corrected chi connectivity index (χ3v) is 6.05. The summed E-state index contributed by atoms with van der Waals surface area (Å²) in [7, 11) is -2.40. The average Bonchev–Trinajstić information content (AvgIpc) is 3.16. The Morgan fingerprint density at radius 2 is 1.96 bits per heavy atom. The number of benzene rings is 1. The quantitative estimate of drug-likeness (QED) is 0.602. The first-order chi connectivity index (χ1) is 12.5. The van der Waals surface area contributed by atoms with Crippen molar-refractivity contribution in [2.24, 2.45) is 0 Å². The molecule has 0 spiro atoms.